The molecule has 6 nitrogen and oxygen atoms in total. The van der Waals surface area contributed by atoms with E-state index in [0.717, 1.165) is 12.1 Å². The molecule has 9 heteroatoms. The van der Waals surface area contributed by atoms with Crippen LogP contribution in [0.4, 0.5) is 8.78 Å². The van der Waals surface area contributed by atoms with Crippen molar-refractivity contribution in [2.45, 2.75) is 13.0 Å². The Morgan fingerprint density at radius 1 is 1.07 bits per heavy atom. The fourth-order valence-corrected chi connectivity index (χ4v) is 3.66. The molecule has 0 fully saturated rings. The Balaban J connectivity index is 1.90. The molecule has 2 aromatic carbocycles. The van der Waals surface area contributed by atoms with Crippen molar-refractivity contribution in [1.29, 1.82) is 0 Å². The maximum atomic E-state index is 13.5. The lowest BCUT2D eigenvalue weighted by Crippen LogP contribution is -2.24. The number of para-hydroxylation sites is 1. The third-order valence-corrected chi connectivity index (χ3v) is 5.15. The van der Waals surface area contributed by atoms with Gasteiger partial charge in [-0.05, 0) is 31.2 Å². The molecule has 154 valence electrons. The summed E-state index contributed by atoms with van der Waals surface area (Å²) in [6.07, 6.45) is -0.820. The lowest BCUT2D eigenvalue weighted by molar-refractivity contribution is 0.217. The fourth-order valence-electron chi connectivity index (χ4n) is 3.44. The predicted molar refractivity (Wildman–Crippen MR) is 110 cm³/mol. The first-order valence-electron chi connectivity index (χ1n) is 8.99. The molecule has 1 unspecified atom stereocenters. The fraction of sp³-hybridized carbons (Fsp3) is 0.143. The van der Waals surface area contributed by atoms with Crippen molar-refractivity contribution < 1.29 is 13.5 Å². The van der Waals surface area contributed by atoms with Crippen molar-refractivity contribution in [3.63, 3.8) is 0 Å². The second-order valence-corrected chi connectivity index (χ2v) is 7.16. The van der Waals surface area contributed by atoms with Gasteiger partial charge in [-0.25, -0.2) is 8.78 Å². The number of halogens is 3. The predicted octanol–water partition coefficient (Wildman–Crippen LogP) is 4.09. The molecule has 0 aliphatic heterocycles. The normalized spacial score (nSPS) is 12.3. The summed E-state index contributed by atoms with van der Waals surface area (Å²) in [5.41, 5.74) is 0.287. The average Bonchev–Trinajstić information content (AvgIpc) is 3.01. The Bertz CT molecular complexity index is 1390. The van der Waals surface area contributed by atoms with Gasteiger partial charge in [-0.15, -0.1) is 0 Å². The average molecular weight is 432 g/mol. The Kier molecular flexibility index (Phi) is 4.95. The molecule has 4 rings (SSSR count). The Labute approximate surface area is 173 Å². The second-order valence-electron chi connectivity index (χ2n) is 6.75. The molecular weight excluding hydrogens is 416 g/mol. The van der Waals surface area contributed by atoms with E-state index in [-0.39, 0.29) is 22.4 Å². The number of benzene rings is 2. The van der Waals surface area contributed by atoms with Crippen LogP contribution in [0.1, 0.15) is 18.7 Å². The molecule has 0 saturated heterocycles. The van der Waals surface area contributed by atoms with Gasteiger partial charge in [-0.2, -0.15) is 0 Å². The summed E-state index contributed by atoms with van der Waals surface area (Å²) in [5, 5.41) is 3.32. The van der Waals surface area contributed by atoms with Gasteiger partial charge < -0.3 is 9.30 Å². The third-order valence-electron chi connectivity index (χ3n) is 4.83. The number of hydrogen-bond acceptors (Lipinski definition) is 3. The molecule has 2 heterocycles. The third kappa shape index (κ3) is 3.29. The summed E-state index contributed by atoms with van der Waals surface area (Å²) in [5.74, 6) is -2.00. The molecule has 0 saturated carbocycles. The second kappa shape index (κ2) is 7.46. The van der Waals surface area contributed by atoms with Crippen molar-refractivity contribution in [2.24, 2.45) is 7.05 Å². The van der Waals surface area contributed by atoms with E-state index in [1.54, 1.807) is 31.2 Å². The standard InChI is InChI=1S/C21H16ClF2N3O3/c1-11(30-12-7-8-14(23)15(24)9-12)20-19-17(10-18(28)26(20)2)27(25-21(19)29)16-6-4-3-5-13(16)22/h3-11H,1-2H3,(H,25,29). The summed E-state index contributed by atoms with van der Waals surface area (Å²) in [7, 11) is 1.51. The number of nitrogens with one attached hydrogen (secondary N) is 1. The van der Waals surface area contributed by atoms with Gasteiger partial charge in [0, 0.05) is 19.2 Å². The van der Waals surface area contributed by atoms with Gasteiger partial charge in [-0.3, -0.25) is 19.4 Å². The Hall–Kier alpha value is -3.39. The summed E-state index contributed by atoms with van der Waals surface area (Å²) < 4.78 is 35.2. The van der Waals surface area contributed by atoms with Crippen molar-refractivity contribution >= 4 is 22.5 Å². The minimum absolute atomic E-state index is 0.0628. The minimum Gasteiger partial charge on any atom is -0.484 e. The van der Waals surface area contributed by atoms with E-state index >= 15 is 0 Å². The zero-order valence-electron chi connectivity index (χ0n) is 15.9. The van der Waals surface area contributed by atoms with Crippen LogP contribution >= 0.6 is 11.6 Å². The van der Waals surface area contributed by atoms with Crippen LogP contribution in [-0.4, -0.2) is 14.3 Å². The SMILES string of the molecule is CC(Oc1ccc(F)c(F)c1)c1c2c(=O)[nH]n(-c3ccccc3Cl)c2cc(=O)n1C. The number of pyridine rings is 1. The van der Waals surface area contributed by atoms with E-state index in [1.807, 2.05) is 0 Å². The van der Waals surface area contributed by atoms with E-state index in [4.69, 9.17) is 16.3 Å². The lowest BCUT2D eigenvalue weighted by atomic mass is 10.1. The highest BCUT2D eigenvalue weighted by Crippen LogP contribution is 2.28. The first kappa shape index (κ1) is 19.9. The van der Waals surface area contributed by atoms with Crippen LogP contribution in [0.3, 0.4) is 0 Å². The Morgan fingerprint density at radius 2 is 1.80 bits per heavy atom. The molecule has 0 aliphatic carbocycles. The first-order chi connectivity index (χ1) is 14.3. The number of fused-ring (bicyclic) bond motifs is 1. The topological polar surface area (TPSA) is 69.0 Å². The molecule has 2 aromatic heterocycles. The summed E-state index contributed by atoms with van der Waals surface area (Å²) >= 11 is 6.26. The number of rotatable bonds is 4. The molecule has 30 heavy (non-hydrogen) atoms. The van der Waals surface area contributed by atoms with Crippen LogP contribution < -0.4 is 15.9 Å². The van der Waals surface area contributed by atoms with E-state index in [0.29, 0.717) is 16.2 Å². The molecule has 0 spiro atoms. The van der Waals surface area contributed by atoms with Crippen molar-refractivity contribution in [1.82, 2.24) is 14.3 Å². The quantitative estimate of drug-likeness (QED) is 0.529. The minimum atomic E-state index is -1.06. The van der Waals surface area contributed by atoms with Gasteiger partial charge in [0.2, 0.25) is 0 Å². The van der Waals surface area contributed by atoms with Crippen molar-refractivity contribution in [2.75, 3.05) is 0 Å². The molecule has 0 radical (unpaired) electrons. The van der Waals surface area contributed by atoms with E-state index in [9.17, 15) is 18.4 Å². The number of aromatic nitrogens is 3. The highest BCUT2D eigenvalue weighted by Gasteiger charge is 2.22. The molecule has 0 bridgehead atoms. The number of hydrogen-bond donors (Lipinski definition) is 1. The lowest BCUT2D eigenvalue weighted by Gasteiger charge is -2.19. The number of aromatic amines is 1. The maximum absolute atomic E-state index is 13.5. The zero-order valence-corrected chi connectivity index (χ0v) is 16.7. The van der Waals surface area contributed by atoms with Gasteiger partial charge in [0.05, 0.1) is 27.3 Å². The zero-order chi connectivity index (χ0) is 21.6. The maximum Gasteiger partial charge on any atom is 0.274 e. The molecule has 1 atom stereocenters. The summed E-state index contributed by atoms with van der Waals surface area (Å²) in [6, 6.07) is 11.3. The number of ether oxygens (including phenoxy) is 1. The van der Waals surface area contributed by atoms with Crippen LogP contribution in [0.25, 0.3) is 16.6 Å². The molecule has 1 N–H and O–H groups in total. The number of nitrogens with zero attached hydrogens (tertiary/aromatic N) is 2. The first-order valence-corrected chi connectivity index (χ1v) is 9.37. The van der Waals surface area contributed by atoms with Crippen LogP contribution in [-0.2, 0) is 7.05 Å². The van der Waals surface area contributed by atoms with E-state index < -0.39 is 23.3 Å². The molecule has 0 amide bonds. The van der Waals surface area contributed by atoms with E-state index in [1.165, 1.54) is 28.4 Å². The largest absolute Gasteiger partial charge is 0.484 e. The van der Waals surface area contributed by atoms with Crippen molar-refractivity contribution in [3.05, 3.63) is 91.6 Å². The van der Waals surface area contributed by atoms with Gasteiger partial charge in [-0.1, -0.05) is 23.7 Å². The van der Waals surface area contributed by atoms with Gasteiger partial charge in [0.15, 0.2) is 11.6 Å². The number of H-pyrrole nitrogens is 1. The highest BCUT2D eigenvalue weighted by atomic mass is 35.5. The van der Waals surface area contributed by atoms with Gasteiger partial charge in [0.25, 0.3) is 11.1 Å². The van der Waals surface area contributed by atoms with Crippen LogP contribution in [0.15, 0.2) is 58.1 Å². The van der Waals surface area contributed by atoms with E-state index in [2.05, 4.69) is 5.10 Å². The van der Waals surface area contributed by atoms with Crippen LogP contribution in [0.5, 0.6) is 5.75 Å². The monoisotopic (exact) mass is 431 g/mol. The molecular formula is C21H16ClF2N3O3. The molecule has 4 aromatic rings. The van der Waals surface area contributed by atoms with Gasteiger partial charge in [0.1, 0.15) is 11.9 Å². The van der Waals surface area contributed by atoms with Crippen LogP contribution in [0.2, 0.25) is 5.02 Å². The molecule has 0 aliphatic rings. The Morgan fingerprint density at radius 3 is 2.50 bits per heavy atom. The highest BCUT2D eigenvalue weighted by molar-refractivity contribution is 6.32. The smallest absolute Gasteiger partial charge is 0.274 e. The summed E-state index contributed by atoms with van der Waals surface area (Å²) in [6.45, 7) is 1.61. The van der Waals surface area contributed by atoms with Crippen molar-refractivity contribution in [3.8, 4) is 11.4 Å². The summed E-state index contributed by atoms with van der Waals surface area (Å²) in [4.78, 5) is 25.4. The van der Waals surface area contributed by atoms with Gasteiger partial charge >= 0.3 is 0 Å². The van der Waals surface area contributed by atoms with Crippen LogP contribution in [0, 0.1) is 11.6 Å².